The van der Waals surface area contributed by atoms with Crippen LogP contribution in [0.1, 0.15) is 35.6 Å². The number of pyridine rings is 1. The highest BCUT2D eigenvalue weighted by Gasteiger charge is 2.24. The zero-order valence-corrected chi connectivity index (χ0v) is 16.1. The SMILES string of the molecule is O=C(/C=C/c1cnccc1-c1cnn(C2CC2)c1)Nc1ccc2c(c1)CNCC2. The number of fused-ring (bicyclic) bond motifs is 1. The number of nitrogens with zero attached hydrogens (tertiary/aromatic N) is 3. The largest absolute Gasteiger partial charge is 0.323 e. The van der Waals surface area contributed by atoms with Crippen LogP contribution in [0.5, 0.6) is 0 Å². The number of nitrogens with one attached hydrogen (secondary N) is 2. The summed E-state index contributed by atoms with van der Waals surface area (Å²) in [5.74, 6) is -0.155. The van der Waals surface area contributed by atoms with Gasteiger partial charge in [0.2, 0.25) is 5.91 Å². The summed E-state index contributed by atoms with van der Waals surface area (Å²) in [5.41, 5.74) is 6.38. The van der Waals surface area contributed by atoms with Gasteiger partial charge in [-0.05, 0) is 66.8 Å². The van der Waals surface area contributed by atoms with Crippen LogP contribution >= 0.6 is 0 Å². The second kappa shape index (κ2) is 7.64. The van der Waals surface area contributed by atoms with Crippen LogP contribution in [-0.4, -0.2) is 27.2 Å². The lowest BCUT2D eigenvalue weighted by atomic mass is 10.0. The molecule has 0 saturated heterocycles. The Morgan fingerprint density at radius 3 is 3.03 bits per heavy atom. The second-order valence-corrected chi connectivity index (χ2v) is 7.64. The van der Waals surface area contributed by atoms with Crippen LogP contribution in [0.2, 0.25) is 0 Å². The number of anilines is 1. The second-order valence-electron chi connectivity index (χ2n) is 7.64. The lowest BCUT2D eigenvalue weighted by Gasteiger charge is -2.17. The minimum absolute atomic E-state index is 0.155. The maximum absolute atomic E-state index is 12.5. The van der Waals surface area contributed by atoms with Crippen LogP contribution in [0.15, 0.2) is 55.1 Å². The summed E-state index contributed by atoms with van der Waals surface area (Å²) in [6.45, 7) is 1.86. The van der Waals surface area contributed by atoms with Gasteiger partial charge in [0.25, 0.3) is 0 Å². The molecule has 2 N–H and O–H groups in total. The lowest BCUT2D eigenvalue weighted by Crippen LogP contribution is -2.23. The Balaban J connectivity index is 1.31. The molecule has 29 heavy (non-hydrogen) atoms. The van der Waals surface area contributed by atoms with E-state index in [1.165, 1.54) is 24.0 Å². The van der Waals surface area contributed by atoms with E-state index in [4.69, 9.17) is 0 Å². The van der Waals surface area contributed by atoms with Gasteiger partial charge in [-0.3, -0.25) is 14.5 Å². The zero-order valence-electron chi connectivity index (χ0n) is 16.1. The monoisotopic (exact) mass is 385 g/mol. The molecule has 0 radical (unpaired) electrons. The topological polar surface area (TPSA) is 71.8 Å². The highest BCUT2D eigenvalue weighted by atomic mass is 16.1. The van der Waals surface area contributed by atoms with Crippen LogP contribution in [0, 0.1) is 0 Å². The number of amides is 1. The molecule has 3 heterocycles. The van der Waals surface area contributed by atoms with E-state index < -0.39 is 0 Å². The van der Waals surface area contributed by atoms with Crippen molar-refractivity contribution in [2.75, 3.05) is 11.9 Å². The van der Waals surface area contributed by atoms with E-state index in [9.17, 15) is 4.79 Å². The number of hydrogen-bond donors (Lipinski definition) is 2. The molecule has 1 fully saturated rings. The molecule has 5 rings (SSSR count). The number of aromatic nitrogens is 3. The molecule has 1 aliphatic carbocycles. The van der Waals surface area contributed by atoms with Crippen molar-refractivity contribution in [1.82, 2.24) is 20.1 Å². The van der Waals surface area contributed by atoms with E-state index in [2.05, 4.69) is 39.0 Å². The van der Waals surface area contributed by atoms with Crippen molar-refractivity contribution in [3.8, 4) is 11.1 Å². The fourth-order valence-corrected chi connectivity index (χ4v) is 3.73. The van der Waals surface area contributed by atoms with Gasteiger partial charge in [-0.2, -0.15) is 5.10 Å². The van der Waals surface area contributed by atoms with Gasteiger partial charge in [0.15, 0.2) is 0 Å². The van der Waals surface area contributed by atoms with Gasteiger partial charge in [0.1, 0.15) is 0 Å². The average Bonchev–Trinajstić information content (AvgIpc) is 3.49. The zero-order chi connectivity index (χ0) is 19.6. The van der Waals surface area contributed by atoms with Crippen LogP contribution in [0.3, 0.4) is 0 Å². The van der Waals surface area contributed by atoms with Crippen molar-refractivity contribution in [3.05, 3.63) is 71.8 Å². The van der Waals surface area contributed by atoms with Crippen molar-refractivity contribution in [2.24, 2.45) is 0 Å². The summed E-state index contributed by atoms with van der Waals surface area (Å²) >= 11 is 0. The Labute approximate surface area is 169 Å². The maximum atomic E-state index is 12.5. The van der Waals surface area contributed by atoms with Gasteiger partial charge < -0.3 is 10.6 Å². The molecular formula is C23H23N5O. The predicted octanol–water partition coefficient (Wildman–Crippen LogP) is 3.58. The lowest BCUT2D eigenvalue weighted by molar-refractivity contribution is -0.111. The maximum Gasteiger partial charge on any atom is 0.248 e. The van der Waals surface area contributed by atoms with E-state index in [0.29, 0.717) is 6.04 Å². The first-order valence-electron chi connectivity index (χ1n) is 10.1. The molecule has 0 unspecified atom stereocenters. The van der Waals surface area contributed by atoms with E-state index in [1.54, 1.807) is 18.5 Å². The van der Waals surface area contributed by atoms with E-state index in [-0.39, 0.29) is 5.91 Å². The molecule has 0 spiro atoms. The Kier molecular flexibility index (Phi) is 4.69. The van der Waals surface area contributed by atoms with Crippen LogP contribution in [-0.2, 0) is 17.8 Å². The third-order valence-electron chi connectivity index (χ3n) is 5.46. The van der Waals surface area contributed by atoms with Crippen molar-refractivity contribution in [2.45, 2.75) is 31.8 Å². The third-order valence-corrected chi connectivity index (χ3v) is 5.46. The third kappa shape index (κ3) is 3.98. The van der Waals surface area contributed by atoms with E-state index in [1.807, 2.05) is 29.1 Å². The predicted molar refractivity (Wildman–Crippen MR) is 113 cm³/mol. The van der Waals surface area contributed by atoms with E-state index >= 15 is 0 Å². The van der Waals surface area contributed by atoms with E-state index in [0.717, 1.165) is 41.9 Å². The Hall–Kier alpha value is -3.25. The molecule has 2 aliphatic rings. The summed E-state index contributed by atoms with van der Waals surface area (Å²) in [4.78, 5) is 16.7. The number of carbonyl (C=O) groups excluding carboxylic acids is 1. The quantitative estimate of drug-likeness (QED) is 0.659. The van der Waals surface area contributed by atoms with Gasteiger partial charge in [-0.25, -0.2) is 0 Å². The molecule has 3 aromatic rings. The molecule has 6 nitrogen and oxygen atoms in total. The molecule has 0 bridgehead atoms. The Morgan fingerprint density at radius 2 is 2.14 bits per heavy atom. The van der Waals surface area contributed by atoms with Gasteiger partial charge in [0.05, 0.1) is 12.2 Å². The fraction of sp³-hybridized carbons (Fsp3) is 0.261. The summed E-state index contributed by atoms with van der Waals surface area (Å²) in [6.07, 6.45) is 14.3. The molecule has 0 atom stereocenters. The highest BCUT2D eigenvalue weighted by molar-refractivity contribution is 6.02. The summed E-state index contributed by atoms with van der Waals surface area (Å²) in [5, 5.41) is 10.8. The highest BCUT2D eigenvalue weighted by Crippen LogP contribution is 2.35. The molecule has 1 aromatic carbocycles. The standard InChI is InChI=1S/C23H23N5O/c29-23(27-20-3-1-16-7-9-24-13-18(16)11-20)6-2-17-12-25-10-8-22(17)19-14-26-28(15-19)21-4-5-21/h1-3,6,8,10-12,14-15,21,24H,4-5,7,9,13H2,(H,27,29)/b6-2+. The summed E-state index contributed by atoms with van der Waals surface area (Å²) in [6, 6.07) is 8.63. The average molecular weight is 385 g/mol. The summed E-state index contributed by atoms with van der Waals surface area (Å²) in [7, 11) is 0. The number of rotatable bonds is 5. The van der Waals surface area contributed by atoms with Gasteiger partial charge in [-0.15, -0.1) is 0 Å². The number of hydrogen-bond acceptors (Lipinski definition) is 4. The molecule has 1 amide bonds. The Morgan fingerprint density at radius 1 is 1.21 bits per heavy atom. The smallest absolute Gasteiger partial charge is 0.248 e. The first kappa shape index (κ1) is 17.8. The number of benzene rings is 1. The van der Waals surface area contributed by atoms with Gasteiger partial charge in [-0.1, -0.05) is 6.07 Å². The molecule has 6 heteroatoms. The van der Waals surface area contributed by atoms with Crippen molar-refractivity contribution in [3.63, 3.8) is 0 Å². The molecule has 2 aromatic heterocycles. The van der Waals surface area contributed by atoms with Crippen molar-refractivity contribution < 1.29 is 4.79 Å². The van der Waals surface area contributed by atoms with Crippen molar-refractivity contribution in [1.29, 1.82) is 0 Å². The number of carbonyl (C=O) groups is 1. The van der Waals surface area contributed by atoms with Crippen LogP contribution in [0.4, 0.5) is 5.69 Å². The van der Waals surface area contributed by atoms with Crippen LogP contribution in [0.25, 0.3) is 17.2 Å². The normalized spacial score (nSPS) is 16.0. The minimum Gasteiger partial charge on any atom is -0.323 e. The fourth-order valence-electron chi connectivity index (χ4n) is 3.73. The molecular weight excluding hydrogens is 362 g/mol. The molecule has 1 aliphatic heterocycles. The minimum atomic E-state index is -0.155. The summed E-state index contributed by atoms with van der Waals surface area (Å²) < 4.78 is 2.03. The Bertz CT molecular complexity index is 1080. The first-order chi connectivity index (χ1) is 14.3. The first-order valence-corrected chi connectivity index (χ1v) is 10.1. The van der Waals surface area contributed by atoms with Crippen LogP contribution < -0.4 is 10.6 Å². The van der Waals surface area contributed by atoms with Gasteiger partial charge in [0, 0.05) is 48.0 Å². The molecule has 1 saturated carbocycles. The van der Waals surface area contributed by atoms with Crippen molar-refractivity contribution >= 4 is 17.7 Å². The molecule has 146 valence electrons. The van der Waals surface area contributed by atoms with Gasteiger partial charge >= 0.3 is 0 Å².